The minimum Gasteiger partial charge on any atom is -0.497 e. The fourth-order valence-corrected chi connectivity index (χ4v) is 3.70. The van der Waals surface area contributed by atoms with Gasteiger partial charge in [-0.2, -0.15) is 0 Å². The lowest BCUT2D eigenvalue weighted by Crippen LogP contribution is -2.34. The minimum atomic E-state index is 0.552. The van der Waals surface area contributed by atoms with Gasteiger partial charge in [-0.15, -0.1) is 0 Å². The van der Waals surface area contributed by atoms with E-state index in [0.29, 0.717) is 16.9 Å². The molecule has 0 saturated heterocycles. The van der Waals surface area contributed by atoms with E-state index in [0.717, 1.165) is 37.4 Å². The number of methoxy groups -OCH3 is 2. The van der Waals surface area contributed by atoms with Crippen molar-refractivity contribution >= 4 is 28.7 Å². The van der Waals surface area contributed by atoms with E-state index >= 15 is 0 Å². The van der Waals surface area contributed by atoms with Gasteiger partial charge in [0.2, 0.25) is 0 Å². The normalized spacial score (nSPS) is 15.2. The van der Waals surface area contributed by atoms with E-state index in [4.69, 9.17) is 21.7 Å². The summed E-state index contributed by atoms with van der Waals surface area (Å²) >= 11 is 5.42. The van der Waals surface area contributed by atoms with Gasteiger partial charge in [-0.25, -0.2) is 0 Å². The molecular weight excluding hydrogens is 358 g/mol. The van der Waals surface area contributed by atoms with Gasteiger partial charge >= 0.3 is 0 Å². The molecule has 5 nitrogen and oxygen atoms in total. The Kier molecular flexibility index (Phi) is 6.40. The smallest absolute Gasteiger partial charge is 0.170 e. The van der Waals surface area contributed by atoms with Crippen molar-refractivity contribution < 1.29 is 9.47 Å². The summed E-state index contributed by atoms with van der Waals surface area (Å²) in [6, 6.07) is 14.8. The van der Waals surface area contributed by atoms with Crippen LogP contribution in [0.3, 0.4) is 0 Å². The van der Waals surface area contributed by atoms with Gasteiger partial charge in [-0.3, -0.25) is 0 Å². The van der Waals surface area contributed by atoms with Gasteiger partial charge < -0.3 is 25.0 Å². The molecule has 0 aromatic heterocycles. The van der Waals surface area contributed by atoms with Gasteiger partial charge in [-0.1, -0.05) is 18.2 Å². The molecule has 0 bridgehead atoms. The number of thiocarbonyl (C=S) groups is 1. The second-order valence-corrected chi connectivity index (χ2v) is 7.08. The molecule has 1 atom stereocenters. The van der Waals surface area contributed by atoms with E-state index in [1.807, 2.05) is 18.2 Å². The molecule has 6 heteroatoms. The van der Waals surface area contributed by atoms with Crippen molar-refractivity contribution in [2.75, 3.05) is 37.5 Å². The van der Waals surface area contributed by atoms with Crippen LogP contribution in [0.1, 0.15) is 18.9 Å². The summed E-state index contributed by atoms with van der Waals surface area (Å²) < 4.78 is 10.6. The number of hydrogen-bond acceptors (Lipinski definition) is 4. The summed E-state index contributed by atoms with van der Waals surface area (Å²) in [5.41, 5.74) is 3.63. The Hall–Kier alpha value is -2.47. The highest BCUT2D eigenvalue weighted by Crippen LogP contribution is 2.31. The molecule has 1 aliphatic rings. The van der Waals surface area contributed by atoms with Crippen molar-refractivity contribution in [3.63, 3.8) is 0 Å². The zero-order valence-electron chi connectivity index (χ0n) is 16.1. The van der Waals surface area contributed by atoms with Gasteiger partial charge in [0.25, 0.3) is 0 Å². The third-order valence-corrected chi connectivity index (χ3v) is 5.11. The monoisotopic (exact) mass is 385 g/mol. The number of rotatable bonds is 7. The Bertz CT molecular complexity index is 797. The first-order chi connectivity index (χ1) is 13.1. The Morgan fingerprint density at radius 2 is 2.00 bits per heavy atom. The first-order valence-corrected chi connectivity index (χ1v) is 9.64. The van der Waals surface area contributed by atoms with Crippen molar-refractivity contribution in [2.24, 2.45) is 0 Å². The van der Waals surface area contributed by atoms with Crippen LogP contribution in [0.25, 0.3) is 0 Å². The van der Waals surface area contributed by atoms with E-state index in [-0.39, 0.29) is 0 Å². The van der Waals surface area contributed by atoms with Crippen molar-refractivity contribution in [1.82, 2.24) is 5.32 Å². The first kappa shape index (κ1) is 19.3. The Balaban J connectivity index is 1.47. The fourth-order valence-electron chi connectivity index (χ4n) is 3.49. The van der Waals surface area contributed by atoms with Crippen LogP contribution in [-0.4, -0.2) is 38.5 Å². The van der Waals surface area contributed by atoms with E-state index < -0.39 is 0 Å². The molecule has 2 N–H and O–H groups in total. The number of benzene rings is 2. The molecule has 0 unspecified atom stereocenters. The highest BCUT2D eigenvalue weighted by Gasteiger charge is 2.24. The fraction of sp³-hybridized carbons (Fsp3) is 0.381. The topological polar surface area (TPSA) is 45.8 Å². The molecule has 0 radical (unpaired) electrons. The van der Waals surface area contributed by atoms with Crippen molar-refractivity contribution in [3.05, 3.63) is 48.0 Å². The molecular formula is C21H27N3O2S. The van der Waals surface area contributed by atoms with Crippen molar-refractivity contribution in [1.29, 1.82) is 0 Å². The van der Waals surface area contributed by atoms with Crippen molar-refractivity contribution in [3.8, 4) is 11.5 Å². The summed E-state index contributed by atoms with van der Waals surface area (Å²) in [4.78, 5) is 2.49. The molecule has 0 fully saturated rings. The summed E-state index contributed by atoms with van der Waals surface area (Å²) in [5.74, 6) is 1.44. The molecule has 1 heterocycles. The Morgan fingerprint density at radius 1 is 1.19 bits per heavy atom. The summed E-state index contributed by atoms with van der Waals surface area (Å²) in [7, 11) is 3.26. The average Bonchev–Trinajstić information content (AvgIpc) is 3.00. The predicted octanol–water partition coefficient (Wildman–Crippen LogP) is 3.83. The van der Waals surface area contributed by atoms with E-state index in [2.05, 4.69) is 46.7 Å². The van der Waals surface area contributed by atoms with Gasteiger partial charge in [0.1, 0.15) is 11.5 Å². The molecule has 1 aliphatic heterocycles. The second-order valence-electron chi connectivity index (χ2n) is 6.68. The molecule has 27 heavy (non-hydrogen) atoms. The molecule has 2 aromatic rings. The lowest BCUT2D eigenvalue weighted by molar-refractivity contribution is 0.395. The molecule has 0 amide bonds. The Morgan fingerprint density at radius 3 is 2.78 bits per heavy atom. The minimum absolute atomic E-state index is 0.552. The number of ether oxygens (including phenoxy) is 2. The van der Waals surface area contributed by atoms with Crippen LogP contribution in [0.5, 0.6) is 11.5 Å². The van der Waals surface area contributed by atoms with Crippen LogP contribution in [0.15, 0.2) is 42.5 Å². The number of nitrogens with zero attached hydrogens (tertiary/aromatic N) is 1. The van der Waals surface area contributed by atoms with Crippen LogP contribution in [0, 0.1) is 0 Å². The number of hydrogen-bond donors (Lipinski definition) is 2. The number of anilines is 2. The maximum atomic E-state index is 5.42. The van der Waals surface area contributed by atoms with Crippen LogP contribution in [-0.2, 0) is 6.42 Å². The number of fused-ring (bicyclic) bond motifs is 1. The first-order valence-electron chi connectivity index (χ1n) is 9.23. The zero-order valence-corrected chi connectivity index (χ0v) is 16.9. The van der Waals surface area contributed by atoms with Crippen molar-refractivity contribution in [2.45, 2.75) is 25.8 Å². The molecule has 0 spiro atoms. The van der Waals surface area contributed by atoms with Crippen LogP contribution >= 0.6 is 12.2 Å². The maximum Gasteiger partial charge on any atom is 0.170 e. The maximum absolute atomic E-state index is 5.42. The second kappa shape index (κ2) is 8.95. The number of para-hydroxylation sites is 1. The summed E-state index contributed by atoms with van der Waals surface area (Å²) in [5, 5.41) is 7.06. The van der Waals surface area contributed by atoms with Crippen LogP contribution in [0.4, 0.5) is 11.4 Å². The van der Waals surface area contributed by atoms with E-state index in [1.54, 1.807) is 14.2 Å². The largest absolute Gasteiger partial charge is 0.497 e. The van der Waals surface area contributed by atoms with E-state index in [1.165, 1.54) is 11.3 Å². The molecule has 0 saturated carbocycles. The predicted molar refractivity (Wildman–Crippen MR) is 115 cm³/mol. The summed E-state index contributed by atoms with van der Waals surface area (Å²) in [6.07, 6.45) is 2.14. The van der Waals surface area contributed by atoms with Crippen LogP contribution in [0.2, 0.25) is 0 Å². The standard InChI is InChI=1S/C21H27N3O2S/c1-15-13-16-7-4-5-8-19(16)24(15)12-6-11-22-21(27)23-18-10-9-17(25-2)14-20(18)26-3/h4-5,7-10,14-15H,6,11-13H2,1-3H3,(H2,22,23,27)/t15-/m1/s1. The SMILES string of the molecule is COc1ccc(NC(=S)NCCCN2c3ccccc3C[C@H]2C)c(OC)c1. The van der Waals surface area contributed by atoms with Gasteiger partial charge in [0.05, 0.1) is 19.9 Å². The molecule has 0 aliphatic carbocycles. The number of nitrogens with one attached hydrogen (secondary N) is 2. The average molecular weight is 386 g/mol. The Labute approximate surface area is 166 Å². The molecule has 144 valence electrons. The quantitative estimate of drug-likeness (QED) is 0.558. The van der Waals surface area contributed by atoms with Gasteiger partial charge in [0, 0.05) is 30.9 Å². The zero-order chi connectivity index (χ0) is 19.2. The van der Waals surface area contributed by atoms with Gasteiger partial charge in [-0.05, 0) is 55.7 Å². The van der Waals surface area contributed by atoms with E-state index in [9.17, 15) is 0 Å². The van der Waals surface area contributed by atoms with Crippen LogP contribution < -0.4 is 25.0 Å². The molecule has 3 rings (SSSR count). The lowest BCUT2D eigenvalue weighted by Gasteiger charge is -2.25. The molecule has 2 aromatic carbocycles. The third-order valence-electron chi connectivity index (χ3n) is 4.87. The summed E-state index contributed by atoms with van der Waals surface area (Å²) in [6.45, 7) is 4.12. The lowest BCUT2D eigenvalue weighted by atomic mass is 10.1. The van der Waals surface area contributed by atoms with Gasteiger partial charge in [0.15, 0.2) is 5.11 Å². The highest BCUT2D eigenvalue weighted by molar-refractivity contribution is 7.80. The third kappa shape index (κ3) is 4.63. The highest BCUT2D eigenvalue weighted by atomic mass is 32.1.